The molecule has 0 saturated carbocycles. The predicted molar refractivity (Wildman–Crippen MR) is 143 cm³/mol. The molecule has 1 atom stereocenters. The number of fused-ring (bicyclic) bond motifs is 1. The molecule has 1 aromatic heterocycles. The zero-order valence-electron chi connectivity index (χ0n) is 21.0. The maximum Gasteiger partial charge on any atom is 0.300 e. The molecule has 188 valence electrons. The van der Waals surface area contributed by atoms with Crippen molar-refractivity contribution in [1.29, 1.82) is 0 Å². The maximum absolute atomic E-state index is 13.5. The van der Waals surface area contributed by atoms with Crippen LogP contribution in [0.1, 0.15) is 30.5 Å². The van der Waals surface area contributed by atoms with Crippen LogP contribution in [0.2, 0.25) is 0 Å². The number of carbonyl (C=O) groups excluding carboxylic acids is 2. The zero-order valence-corrected chi connectivity index (χ0v) is 21.0. The highest BCUT2D eigenvalue weighted by Crippen LogP contribution is 2.45. The van der Waals surface area contributed by atoms with E-state index in [0.29, 0.717) is 29.4 Å². The van der Waals surface area contributed by atoms with Gasteiger partial charge in [-0.3, -0.25) is 14.5 Å². The number of Topliss-reactive ketones (excluding diaryl/α,β-unsaturated/α-hetero) is 1. The highest BCUT2D eigenvalue weighted by Gasteiger charge is 2.47. The Labute approximate surface area is 215 Å². The van der Waals surface area contributed by atoms with Gasteiger partial charge in [-0.15, -0.1) is 0 Å². The molecule has 5 rings (SSSR count). The van der Waals surface area contributed by atoms with E-state index >= 15 is 0 Å². The lowest BCUT2D eigenvalue weighted by Crippen LogP contribution is -2.29. The van der Waals surface area contributed by atoms with Crippen molar-refractivity contribution in [3.05, 3.63) is 95.7 Å². The monoisotopic (exact) mass is 496 g/mol. The van der Waals surface area contributed by atoms with Crippen molar-refractivity contribution < 1.29 is 24.2 Å². The minimum absolute atomic E-state index is 0.0322. The van der Waals surface area contributed by atoms with E-state index in [4.69, 9.17) is 9.47 Å². The van der Waals surface area contributed by atoms with Crippen LogP contribution in [0.5, 0.6) is 11.5 Å². The van der Waals surface area contributed by atoms with Gasteiger partial charge in [-0.2, -0.15) is 0 Å². The van der Waals surface area contributed by atoms with Crippen LogP contribution in [0.25, 0.3) is 16.7 Å². The van der Waals surface area contributed by atoms with Gasteiger partial charge in [-0.25, -0.2) is 0 Å². The van der Waals surface area contributed by atoms with E-state index in [1.807, 2.05) is 49.0 Å². The lowest BCUT2D eigenvalue weighted by molar-refractivity contribution is -0.132. The first-order valence-electron chi connectivity index (χ1n) is 12.2. The fourth-order valence-corrected chi connectivity index (χ4v) is 4.84. The van der Waals surface area contributed by atoms with Crippen LogP contribution in [0, 0.1) is 0 Å². The lowest BCUT2D eigenvalue weighted by atomic mass is 9.94. The minimum atomic E-state index is -0.834. The fourth-order valence-electron chi connectivity index (χ4n) is 4.84. The Kier molecular flexibility index (Phi) is 6.44. The average molecular weight is 497 g/mol. The van der Waals surface area contributed by atoms with Crippen LogP contribution in [-0.2, 0) is 16.6 Å². The van der Waals surface area contributed by atoms with Crippen LogP contribution < -0.4 is 14.4 Å². The third kappa shape index (κ3) is 4.22. The molecule has 1 N–H and O–H groups in total. The molecule has 4 aromatic rings. The molecule has 1 fully saturated rings. The Hall–Kier alpha value is -4.52. The number of aliphatic hydroxyl groups excluding tert-OH is 1. The molecule has 0 spiro atoms. The Morgan fingerprint density at radius 3 is 2.46 bits per heavy atom. The summed E-state index contributed by atoms with van der Waals surface area (Å²) < 4.78 is 13.0. The largest absolute Gasteiger partial charge is 0.507 e. The molecular weight excluding hydrogens is 468 g/mol. The standard InChI is InChI=1S/C30H28N2O5/c1-4-16-37-22-9-7-8-19(17-22)28(33)26-27(24-18-31(2)25-11-6-5-10-23(24)25)32(30(35)29(26)34)20-12-14-21(36-3)15-13-20/h5-15,17-18,27,33H,4,16H2,1-3H3/b28-26+. The summed E-state index contributed by atoms with van der Waals surface area (Å²) in [6, 6.07) is 20.9. The SMILES string of the molecule is CCCOc1cccc(/C(O)=C2\C(=O)C(=O)N(c3ccc(OC)cc3)C2c2cn(C)c3ccccc23)c1. The Balaban J connectivity index is 1.73. The van der Waals surface area contributed by atoms with Gasteiger partial charge in [-0.05, 0) is 48.9 Å². The van der Waals surface area contributed by atoms with Crippen LogP contribution in [0.4, 0.5) is 5.69 Å². The summed E-state index contributed by atoms with van der Waals surface area (Å²) in [5.41, 5.74) is 2.66. The first-order valence-corrected chi connectivity index (χ1v) is 12.2. The molecule has 0 bridgehead atoms. The molecule has 3 aromatic carbocycles. The molecule has 0 aliphatic carbocycles. The van der Waals surface area contributed by atoms with Crippen molar-refractivity contribution in [2.45, 2.75) is 19.4 Å². The first kappa shape index (κ1) is 24.2. The van der Waals surface area contributed by atoms with E-state index < -0.39 is 17.7 Å². The van der Waals surface area contributed by atoms with Gasteiger partial charge in [0.2, 0.25) is 0 Å². The number of ether oxygens (including phenoxy) is 2. The smallest absolute Gasteiger partial charge is 0.300 e. The second-order valence-corrected chi connectivity index (χ2v) is 8.96. The number of amides is 1. The normalized spacial score (nSPS) is 16.9. The number of aromatic nitrogens is 1. The number of rotatable bonds is 7. The van der Waals surface area contributed by atoms with Crippen molar-refractivity contribution in [1.82, 2.24) is 4.57 Å². The van der Waals surface area contributed by atoms with Crippen LogP contribution in [-0.4, -0.2) is 35.1 Å². The molecule has 2 heterocycles. The second-order valence-electron chi connectivity index (χ2n) is 8.96. The van der Waals surface area contributed by atoms with Crippen molar-refractivity contribution in [3.8, 4) is 11.5 Å². The van der Waals surface area contributed by atoms with Gasteiger partial charge < -0.3 is 19.1 Å². The highest BCUT2D eigenvalue weighted by molar-refractivity contribution is 6.51. The second kappa shape index (κ2) is 9.85. The summed E-state index contributed by atoms with van der Waals surface area (Å²) >= 11 is 0. The van der Waals surface area contributed by atoms with Gasteiger partial charge >= 0.3 is 0 Å². The lowest BCUT2D eigenvalue weighted by Gasteiger charge is -2.25. The number of nitrogens with zero attached hydrogens (tertiary/aromatic N) is 2. The zero-order chi connectivity index (χ0) is 26.1. The topological polar surface area (TPSA) is 81.0 Å². The summed E-state index contributed by atoms with van der Waals surface area (Å²) in [5, 5.41) is 12.4. The van der Waals surface area contributed by atoms with Gasteiger partial charge in [0.05, 0.1) is 25.3 Å². The summed E-state index contributed by atoms with van der Waals surface area (Å²) in [7, 11) is 3.48. The van der Waals surface area contributed by atoms with Crippen molar-refractivity contribution in [2.75, 3.05) is 18.6 Å². The maximum atomic E-state index is 13.5. The number of aliphatic hydroxyl groups is 1. The minimum Gasteiger partial charge on any atom is -0.507 e. The van der Waals surface area contributed by atoms with E-state index in [1.54, 1.807) is 55.6 Å². The Bertz CT molecular complexity index is 1520. The molecule has 1 amide bonds. The number of hydrogen-bond donors (Lipinski definition) is 1. The van der Waals surface area contributed by atoms with Crippen LogP contribution >= 0.6 is 0 Å². The van der Waals surface area contributed by atoms with Gasteiger partial charge in [0, 0.05) is 41.0 Å². The van der Waals surface area contributed by atoms with Gasteiger partial charge in [0.25, 0.3) is 11.7 Å². The molecule has 1 aliphatic heterocycles. The summed E-state index contributed by atoms with van der Waals surface area (Å²) in [6.07, 6.45) is 2.75. The number of anilines is 1. The molecule has 1 unspecified atom stereocenters. The molecule has 1 saturated heterocycles. The number of methoxy groups -OCH3 is 1. The summed E-state index contributed by atoms with van der Waals surface area (Å²) in [6.45, 7) is 2.54. The number of para-hydroxylation sites is 1. The first-order chi connectivity index (χ1) is 17.9. The van der Waals surface area contributed by atoms with Crippen molar-refractivity contribution >= 4 is 34.0 Å². The van der Waals surface area contributed by atoms with Gasteiger partial charge in [0.15, 0.2) is 0 Å². The number of benzene rings is 3. The highest BCUT2D eigenvalue weighted by atomic mass is 16.5. The summed E-state index contributed by atoms with van der Waals surface area (Å²) in [5.74, 6) is -0.480. The third-order valence-corrected chi connectivity index (χ3v) is 6.60. The van der Waals surface area contributed by atoms with E-state index in [9.17, 15) is 14.7 Å². The quantitative estimate of drug-likeness (QED) is 0.205. The Morgan fingerprint density at radius 1 is 0.973 bits per heavy atom. The molecule has 37 heavy (non-hydrogen) atoms. The number of hydrogen-bond acceptors (Lipinski definition) is 5. The van der Waals surface area contributed by atoms with Crippen molar-refractivity contribution in [3.63, 3.8) is 0 Å². The van der Waals surface area contributed by atoms with Crippen LogP contribution in [0.3, 0.4) is 0 Å². The Morgan fingerprint density at radius 2 is 1.73 bits per heavy atom. The van der Waals surface area contributed by atoms with E-state index in [0.717, 1.165) is 22.9 Å². The van der Waals surface area contributed by atoms with E-state index in [1.165, 1.54) is 4.90 Å². The number of ketones is 1. The molecule has 1 aliphatic rings. The molecule has 7 heteroatoms. The van der Waals surface area contributed by atoms with E-state index in [2.05, 4.69) is 0 Å². The average Bonchev–Trinajstić information content (AvgIpc) is 3.40. The van der Waals surface area contributed by atoms with Gasteiger partial charge in [0.1, 0.15) is 17.3 Å². The number of carbonyl (C=O) groups is 2. The number of aryl methyl sites for hydroxylation is 1. The molecule has 0 radical (unpaired) electrons. The summed E-state index contributed by atoms with van der Waals surface area (Å²) in [4.78, 5) is 28.5. The van der Waals surface area contributed by atoms with Gasteiger partial charge in [-0.1, -0.05) is 37.3 Å². The molecular formula is C30H28N2O5. The fraction of sp³-hybridized carbons (Fsp3) is 0.200. The molecule has 7 nitrogen and oxygen atoms in total. The van der Waals surface area contributed by atoms with Crippen molar-refractivity contribution in [2.24, 2.45) is 7.05 Å². The van der Waals surface area contributed by atoms with E-state index in [-0.39, 0.29) is 11.3 Å². The predicted octanol–water partition coefficient (Wildman–Crippen LogP) is 5.60. The van der Waals surface area contributed by atoms with Crippen LogP contribution in [0.15, 0.2) is 84.6 Å². The third-order valence-electron chi connectivity index (χ3n) is 6.60.